The molecular weight excluding hydrogens is 210 g/mol. The molecule has 0 aliphatic heterocycles. The van der Waals surface area contributed by atoms with Crippen LogP contribution in [0.4, 0.5) is 8.78 Å². The van der Waals surface area contributed by atoms with E-state index >= 15 is 0 Å². The molecule has 0 aromatic heterocycles. The lowest BCUT2D eigenvalue weighted by Crippen LogP contribution is -2.25. The fourth-order valence-electron chi connectivity index (χ4n) is 1.85. The average Bonchev–Trinajstić information content (AvgIpc) is 2.15. The van der Waals surface area contributed by atoms with Crippen molar-refractivity contribution in [2.24, 2.45) is 5.41 Å². The van der Waals surface area contributed by atoms with Crippen molar-refractivity contribution >= 4 is 6.29 Å². The van der Waals surface area contributed by atoms with Gasteiger partial charge in [0.1, 0.15) is 6.29 Å². The Morgan fingerprint density at radius 1 is 1.25 bits per heavy atom. The molecule has 16 heavy (non-hydrogen) atoms. The van der Waals surface area contributed by atoms with Crippen LogP contribution in [0.1, 0.15) is 42.6 Å². The highest BCUT2D eigenvalue weighted by Gasteiger charge is 2.34. The van der Waals surface area contributed by atoms with Crippen LogP contribution in [0.5, 0.6) is 0 Å². The number of carbonyl (C=O) groups excluding carboxylic acids is 1. The summed E-state index contributed by atoms with van der Waals surface area (Å²) < 4.78 is 26.1. The number of alkyl halides is 2. The van der Waals surface area contributed by atoms with Crippen LogP contribution in [0.2, 0.25) is 0 Å². The van der Waals surface area contributed by atoms with E-state index in [4.69, 9.17) is 0 Å². The summed E-state index contributed by atoms with van der Waals surface area (Å²) in [7, 11) is 0. The van der Waals surface area contributed by atoms with Crippen LogP contribution in [0, 0.1) is 5.41 Å². The molecule has 0 saturated carbocycles. The number of halogens is 2. The topological polar surface area (TPSA) is 17.1 Å². The van der Waals surface area contributed by atoms with Crippen molar-refractivity contribution in [3.8, 4) is 0 Å². The minimum absolute atomic E-state index is 0.437. The summed E-state index contributed by atoms with van der Waals surface area (Å²) in [6.07, 6.45) is -1.75. The quantitative estimate of drug-likeness (QED) is 0.714. The fourth-order valence-corrected chi connectivity index (χ4v) is 1.85. The lowest BCUT2D eigenvalue weighted by atomic mass is 9.76. The van der Waals surface area contributed by atoms with Crippen molar-refractivity contribution in [3.05, 3.63) is 35.4 Å². The maximum Gasteiger partial charge on any atom is 0.245 e. The number of hydrogen-bond donors (Lipinski definition) is 0. The zero-order valence-electron chi connectivity index (χ0n) is 9.71. The van der Waals surface area contributed by atoms with E-state index in [2.05, 4.69) is 0 Å². The summed E-state index contributed by atoms with van der Waals surface area (Å²) in [5, 5.41) is 0. The number of hydrogen-bond acceptors (Lipinski definition) is 1. The summed E-state index contributed by atoms with van der Waals surface area (Å²) >= 11 is 0. The number of carbonyl (C=O) groups is 1. The molecule has 0 saturated heterocycles. The van der Waals surface area contributed by atoms with Gasteiger partial charge in [-0.3, -0.25) is 4.79 Å². The smallest absolute Gasteiger partial charge is 0.245 e. The summed E-state index contributed by atoms with van der Waals surface area (Å²) in [6.45, 7) is 5.33. The van der Waals surface area contributed by atoms with Crippen LogP contribution >= 0.6 is 0 Å². The van der Waals surface area contributed by atoms with Crippen LogP contribution in [-0.4, -0.2) is 12.7 Å². The van der Waals surface area contributed by atoms with E-state index in [1.807, 2.05) is 0 Å². The van der Waals surface area contributed by atoms with E-state index in [0.717, 1.165) is 0 Å². The van der Waals surface area contributed by atoms with Gasteiger partial charge in [0.25, 0.3) is 0 Å². The molecular formula is C13H16F2O. The molecule has 3 heteroatoms. The Hall–Kier alpha value is -1.25. The molecule has 0 amide bonds. The van der Waals surface area contributed by atoms with Crippen molar-refractivity contribution in [2.45, 2.75) is 33.1 Å². The molecule has 1 unspecified atom stereocenters. The minimum atomic E-state index is -2.43. The lowest BCUT2D eigenvalue weighted by Gasteiger charge is -2.30. The van der Waals surface area contributed by atoms with E-state index in [1.165, 1.54) is 6.07 Å². The first-order valence-corrected chi connectivity index (χ1v) is 5.19. The molecule has 0 spiro atoms. The molecule has 1 atom stereocenters. The third-order valence-corrected chi connectivity index (χ3v) is 2.59. The molecule has 0 radical (unpaired) electrons. The predicted octanol–water partition coefficient (Wildman–Crippen LogP) is 3.89. The van der Waals surface area contributed by atoms with Gasteiger partial charge >= 0.3 is 0 Å². The van der Waals surface area contributed by atoms with Crippen LogP contribution in [0.25, 0.3) is 0 Å². The Labute approximate surface area is 94.5 Å². The van der Waals surface area contributed by atoms with Crippen molar-refractivity contribution in [1.82, 2.24) is 0 Å². The summed E-state index contributed by atoms with van der Waals surface area (Å²) in [4.78, 5) is 10.6. The van der Waals surface area contributed by atoms with Gasteiger partial charge in [-0.25, -0.2) is 8.78 Å². The van der Waals surface area contributed by atoms with Gasteiger partial charge in [-0.15, -0.1) is 0 Å². The Morgan fingerprint density at radius 3 is 2.31 bits per heavy atom. The Balaban J connectivity index is 3.16. The highest BCUT2D eigenvalue weighted by molar-refractivity contribution is 5.75. The first-order valence-electron chi connectivity index (χ1n) is 5.19. The van der Waals surface area contributed by atoms with Crippen molar-refractivity contribution < 1.29 is 13.6 Å². The largest absolute Gasteiger partial charge is 0.298 e. The molecule has 88 valence electrons. The molecule has 0 aliphatic carbocycles. The first kappa shape index (κ1) is 12.8. The molecule has 1 aromatic rings. The number of rotatable bonds is 3. The zero-order valence-corrected chi connectivity index (χ0v) is 9.71. The highest BCUT2D eigenvalue weighted by Crippen LogP contribution is 2.39. The summed E-state index contributed by atoms with van der Waals surface area (Å²) in [5.41, 5.74) is 0.426. The predicted molar refractivity (Wildman–Crippen MR) is 60.0 cm³/mol. The van der Waals surface area contributed by atoms with Crippen molar-refractivity contribution in [1.29, 1.82) is 0 Å². The molecule has 1 aromatic carbocycles. The number of benzene rings is 1. The second-order valence-corrected chi connectivity index (χ2v) is 4.97. The molecule has 1 rings (SSSR count). The van der Waals surface area contributed by atoms with Gasteiger partial charge in [-0.05, 0) is 17.0 Å². The maximum absolute atomic E-state index is 13.0. The molecule has 0 heterocycles. The lowest BCUT2D eigenvalue weighted by molar-refractivity contribution is 0.0623. The monoisotopic (exact) mass is 226 g/mol. The van der Waals surface area contributed by atoms with E-state index < -0.39 is 17.8 Å². The third-order valence-electron chi connectivity index (χ3n) is 2.59. The third kappa shape index (κ3) is 2.87. The van der Waals surface area contributed by atoms with Gasteiger partial charge in [0.15, 0.2) is 0 Å². The van der Waals surface area contributed by atoms with E-state index in [-0.39, 0.29) is 0 Å². The second-order valence-electron chi connectivity index (χ2n) is 4.97. The Bertz CT molecular complexity index is 366. The summed E-state index contributed by atoms with van der Waals surface area (Å²) in [5.74, 6) is -0.854. The fraction of sp³-hybridized carbons (Fsp3) is 0.462. The SMILES string of the molecule is CC(C)(C)C(c1cccc(C=O)c1)C(F)F. The van der Waals surface area contributed by atoms with Gasteiger partial charge in [0, 0.05) is 11.5 Å². The zero-order chi connectivity index (χ0) is 12.3. The van der Waals surface area contributed by atoms with Gasteiger partial charge in [0.2, 0.25) is 6.43 Å². The molecule has 0 bridgehead atoms. The van der Waals surface area contributed by atoms with E-state index in [1.54, 1.807) is 39.0 Å². The Morgan fingerprint density at radius 2 is 1.88 bits per heavy atom. The van der Waals surface area contributed by atoms with Gasteiger partial charge < -0.3 is 0 Å². The van der Waals surface area contributed by atoms with Crippen LogP contribution in [-0.2, 0) is 0 Å². The van der Waals surface area contributed by atoms with Crippen LogP contribution in [0.3, 0.4) is 0 Å². The van der Waals surface area contributed by atoms with Crippen molar-refractivity contribution in [2.75, 3.05) is 0 Å². The highest BCUT2D eigenvalue weighted by atomic mass is 19.3. The standard InChI is InChI=1S/C13H16F2O/c1-13(2,3)11(12(14)15)10-6-4-5-9(7-10)8-16/h4-8,11-12H,1-3H3. The Kier molecular flexibility index (Phi) is 3.79. The van der Waals surface area contributed by atoms with E-state index in [0.29, 0.717) is 17.4 Å². The molecule has 0 N–H and O–H groups in total. The summed E-state index contributed by atoms with van der Waals surface area (Å²) in [6, 6.07) is 6.44. The molecule has 1 nitrogen and oxygen atoms in total. The average molecular weight is 226 g/mol. The minimum Gasteiger partial charge on any atom is -0.298 e. The van der Waals surface area contributed by atoms with Gasteiger partial charge in [-0.2, -0.15) is 0 Å². The van der Waals surface area contributed by atoms with Crippen LogP contribution in [0.15, 0.2) is 24.3 Å². The van der Waals surface area contributed by atoms with Gasteiger partial charge in [-0.1, -0.05) is 39.0 Å². The maximum atomic E-state index is 13.0. The van der Waals surface area contributed by atoms with E-state index in [9.17, 15) is 13.6 Å². The van der Waals surface area contributed by atoms with Gasteiger partial charge in [0.05, 0.1) is 0 Å². The first-order chi connectivity index (χ1) is 7.36. The normalized spacial score (nSPS) is 13.9. The molecule has 0 aliphatic rings. The van der Waals surface area contributed by atoms with Crippen molar-refractivity contribution in [3.63, 3.8) is 0 Å². The van der Waals surface area contributed by atoms with Crippen LogP contribution < -0.4 is 0 Å². The number of aldehydes is 1. The molecule has 0 fully saturated rings. The second kappa shape index (κ2) is 4.73.